The smallest absolute Gasteiger partial charge is 0.263 e. The SMILES string of the molecule is CC(Oc1ccc(F)cc1)C(=O)N1CCN(c2nccs2)CC1. The van der Waals surface area contributed by atoms with E-state index in [4.69, 9.17) is 4.74 Å². The van der Waals surface area contributed by atoms with E-state index >= 15 is 0 Å². The van der Waals surface area contributed by atoms with Crippen LogP contribution in [0.25, 0.3) is 0 Å². The fraction of sp³-hybridized carbons (Fsp3) is 0.375. The van der Waals surface area contributed by atoms with Crippen molar-refractivity contribution < 1.29 is 13.9 Å². The molecule has 1 aliphatic heterocycles. The van der Waals surface area contributed by atoms with Crippen molar-refractivity contribution in [3.8, 4) is 5.75 Å². The average Bonchev–Trinajstić information content (AvgIpc) is 3.11. The Labute approximate surface area is 138 Å². The van der Waals surface area contributed by atoms with E-state index in [9.17, 15) is 9.18 Å². The van der Waals surface area contributed by atoms with Gasteiger partial charge in [-0.3, -0.25) is 4.79 Å². The quantitative estimate of drug-likeness (QED) is 0.861. The van der Waals surface area contributed by atoms with Crippen molar-refractivity contribution >= 4 is 22.4 Å². The van der Waals surface area contributed by atoms with Crippen LogP contribution in [-0.4, -0.2) is 48.1 Å². The minimum atomic E-state index is -0.591. The highest BCUT2D eigenvalue weighted by molar-refractivity contribution is 7.13. The third-order valence-electron chi connectivity index (χ3n) is 3.76. The van der Waals surface area contributed by atoms with E-state index in [1.54, 1.807) is 29.4 Å². The maximum Gasteiger partial charge on any atom is 0.263 e. The zero-order valence-electron chi connectivity index (χ0n) is 12.8. The molecule has 7 heteroatoms. The van der Waals surface area contributed by atoms with E-state index in [2.05, 4.69) is 9.88 Å². The van der Waals surface area contributed by atoms with Crippen LogP contribution in [0.2, 0.25) is 0 Å². The van der Waals surface area contributed by atoms with Crippen LogP contribution in [0.1, 0.15) is 6.92 Å². The maximum absolute atomic E-state index is 12.9. The number of benzene rings is 1. The van der Waals surface area contributed by atoms with Gasteiger partial charge >= 0.3 is 0 Å². The minimum Gasteiger partial charge on any atom is -0.481 e. The Hall–Kier alpha value is -2.15. The van der Waals surface area contributed by atoms with Gasteiger partial charge in [0.15, 0.2) is 11.2 Å². The number of rotatable bonds is 4. The number of aromatic nitrogens is 1. The molecule has 1 atom stereocenters. The van der Waals surface area contributed by atoms with Crippen molar-refractivity contribution in [2.24, 2.45) is 0 Å². The molecule has 1 aromatic heterocycles. The Balaban J connectivity index is 1.53. The summed E-state index contributed by atoms with van der Waals surface area (Å²) < 4.78 is 18.5. The molecule has 1 unspecified atom stereocenters. The second kappa shape index (κ2) is 6.95. The predicted molar refractivity (Wildman–Crippen MR) is 87.4 cm³/mol. The number of hydrogen-bond acceptors (Lipinski definition) is 5. The Morgan fingerprint density at radius 3 is 2.57 bits per heavy atom. The molecule has 23 heavy (non-hydrogen) atoms. The van der Waals surface area contributed by atoms with Gasteiger partial charge in [-0.1, -0.05) is 0 Å². The van der Waals surface area contributed by atoms with Crippen molar-refractivity contribution in [1.29, 1.82) is 0 Å². The summed E-state index contributed by atoms with van der Waals surface area (Å²) in [6.45, 7) is 4.55. The van der Waals surface area contributed by atoms with E-state index in [-0.39, 0.29) is 11.7 Å². The summed E-state index contributed by atoms with van der Waals surface area (Å²) in [5, 5.41) is 2.94. The second-order valence-corrected chi connectivity index (χ2v) is 6.21. The minimum absolute atomic E-state index is 0.0480. The summed E-state index contributed by atoms with van der Waals surface area (Å²) in [6.07, 6.45) is 1.20. The van der Waals surface area contributed by atoms with E-state index in [0.29, 0.717) is 18.8 Å². The van der Waals surface area contributed by atoms with Crippen LogP contribution in [0.3, 0.4) is 0 Å². The van der Waals surface area contributed by atoms with Crippen LogP contribution in [0.5, 0.6) is 5.75 Å². The molecule has 1 aliphatic rings. The van der Waals surface area contributed by atoms with Gasteiger partial charge in [-0.25, -0.2) is 9.37 Å². The van der Waals surface area contributed by atoms with Crippen LogP contribution < -0.4 is 9.64 Å². The predicted octanol–water partition coefficient (Wildman–Crippen LogP) is 2.40. The molecule has 3 rings (SSSR count). The highest BCUT2D eigenvalue weighted by atomic mass is 32.1. The van der Waals surface area contributed by atoms with Gasteiger partial charge in [-0.05, 0) is 31.2 Å². The van der Waals surface area contributed by atoms with Crippen molar-refractivity contribution in [3.05, 3.63) is 41.7 Å². The summed E-state index contributed by atoms with van der Waals surface area (Å²) in [4.78, 5) is 20.7. The van der Waals surface area contributed by atoms with Crippen LogP contribution >= 0.6 is 11.3 Å². The number of anilines is 1. The molecule has 0 saturated carbocycles. The monoisotopic (exact) mass is 335 g/mol. The van der Waals surface area contributed by atoms with Crippen molar-refractivity contribution in [2.45, 2.75) is 13.0 Å². The number of thiazole rings is 1. The van der Waals surface area contributed by atoms with Crippen LogP contribution in [0.4, 0.5) is 9.52 Å². The van der Waals surface area contributed by atoms with Crippen LogP contribution in [-0.2, 0) is 4.79 Å². The van der Waals surface area contributed by atoms with Crippen molar-refractivity contribution in [1.82, 2.24) is 9.88 Å². The zero-order chi connectivity index (χ0) is 16.2. The van der Waals surface area contributed by atoms with Gasteiger partial charge in [0.2, 0.25) is 0 Å². The highest BCUT2D eigenvalue weighted by Crippen LogP contribution is 2.20. The van der Waals surface area contributed by atoms with Crippen LogP contribution in [0, 0.1) is 5.82 Å². The van der Waals surface area contributed by atoms with Gasteiger partial charge in [0.05, 0.1) is 0 Å². The number of nitrogens with zero attached hydrogens (tertiary/aromatic N) is 3. The van der Waals surface area contributed by atoms with Gasteiger partial charge in [0.1, 0.15) is 11.6 Å². The van der Waals surface area contributed by atoms with Gasteiger partial charge in [-0.15, -0.1) is 11.3 Å². The molecule has 5 nitrogen and oxygen atoms in total. The lowest BCUT2D eigenvalue weighted by Crippen LogP contribution is -2.52. The third-order valence-corrected chi connectivity index (χ3v) is 4.59. The molecule has 1 saturated heterocycles. The Morgan fingerprint density at radius 1 is 1.26 bits per heavy atom. The van der Waals surface area contributed by atoms with E-state index in [1.165, 1.54) is 24.3 Å². The van der Waals surface area contributed by atoms with Gasteiger partial charge in [0.25, 0.3) is 5.91 Å². The van der Waals surface area contributed by atoms with Gasteiger partial charge in [-0.2, -0.15) is 0 Å². The summed E-state index contributed by atoms with van der Waals surface area (Å²) >= 11 is 1.60. The van der Waals surface area contributed by atoms with Crippen LogP contribution in [0.15, 0.2) is 35.8 Å². The molecule has 0 radical (unpaired) electrons. The lowest BCUT2D eigenvalue weighted by atomic mass is 10.2. The van der Waals surface area contributed by atoms with Gasteiger partial charge in [0, 0.05) is 37.8 Å². The number of carbonyl (C=O) groups excluding carboxylic acids is 1. The normalized spacial score (nSPS) is 16.3. The Morgan fingerprint density at radius 2 is 1.96 bits per heavy atom. The van der Waals surface area contributed by atoms with Crippen molar-refractivity contribution in [2.75, 3.05) is 31.1 Å². The first-order valence-electron chi connectivity index (χ1n) is 7.49. The molecule has 1 amide bonds. The Kier molecular flexibility index (Phi) is 4.76. The van der Waals surface area contributed by atoms with E-state index in [1.807, 2.05) is 5.38 Å². The van der Waals surface area contributed by atoms with Crippen molar-refractivity contribution in [3.63, 3.8) is 0 Å². The van der Waals surface area contributed by atoms with E-state index < -0.39 is 6.10 Å². The molecular weight excluding hydrogens is 317 g/mol. The average molecular weight is 335 g/mol. The summed E-state index contributed by atoms with van der Waals surface area (Å²) in [5.41, 5.74) is 0. The maximum atomic E-state index is 12.9. The number of piperazine rings is 1. The molecule has 1 fully saturated rings. The molecule has 2 aromatic rings. The summed E-state index contributed by atoms with van der Waals surface area (Å²) in [5.74, 6) is 0.122. The lowest BCUT2D eigenvalue weighted by molar-refractivity contribution is -0.138. The number of amides is 1. The third kappa shape index (κ3) is 3.79. The fourth-order valence-corrected chi connectivity index (χ4v) is 3.21. The Bertz CT molecular complexity index is 640. The highest BCUT2D eigenvalue weighted by Gasteiger charge is 2.26. The second-order valence-electron chi connectivity index (χ2n) is 5.34. The number of ether oxygens (including phenoxy) is 1. The van der Waals surface area contributed by atoms with E-state index in [0.717, 1.165) is 18.2 Å². The number of hydrogen-bond donors (Lipinski definition) is 0. The molecular formula is C16H18FN3O2S. The number of carbonyl (C=O) groups is 1. The molecule has 0 bridgehead atoms. The molecule has 0 N–H and O–H groups in total. The summed E-state index contributed by atoms with van der Waals surface area (Å²) in [7, 11) is 0. The zero-order valence-corrected chi connectivity index (χ0v) is 13.6. The molecule has 122 valence electrons. The van der Waals surface area contributed by atoms with Gasteiger partial charge < -0.3 is 14.5 Å². The molecule has 2 heterocycles. The fourth-order valence-electron chi connectivity index (χ4n) is 2.52. The topological polar surface area (TPSA) is 45.7 Å². The standard InChI is InChI=1S/C16H18FN3O2S/c1-12(22-14-4-2-13(17)3-5-14)15(21)19-7-9-20(10-8-19)16-18-6-11-23-16/h2-6,11-12H,7-10H2,1H3. The molecule has 0 aliphatic carbocycles. The number of halogens is 1. The first kappa shape index (κ1) is 15.7. The summed E-state index contributed by atoms with van der Waals surface area (Å²) in [6, 6.07) is 5.69. The largest absolute Gasteiger partial charge is 0.481 e. The molecule has 0 spiro atoms. The molecule has 1 aromatic carbocycles. The lowest BCUT2D eigenvalue weighted by Gasteiger charge is -2.35. The first-order chi connectivity index (χ1) is 11.1. The first-order valence-corrected chi connectivity index (χ1v) is 8.37.